The summed E-state index contributed by atoms with van der Waals surface area (Å²) in [5, 5.41) is 8.32. The van der Waals surface area contributed by atoms with E-state index in [1.54, 1.807) is 20.9 Å². The van der Waals surface area contributed by atoms with Crippen LogP contribution in [-0.2, 0) is 24.0 Å². The monoisotopic (exact) mass is 438 g/mol. The van der Waals surface area contributed by atoms with Crippen LogP contribution in [-0.4, -0.2) is 66.5 Å². The highest BCUT2D eigenvalue weighted by atomic mass is 16.2. The van der Waals surface area contributed by atoms with Crippen molar-refractivity contribution >= 4 is 29.4 Å². The number of imide groups is 1. The number of likely N-dealkylation sites (tertiary alicyclic amines) is 1. The van der Waals surface area contributed by atoms with Crippen LogP contribution >= 0.6 is 0 Å². The first kappa shape index (κ1) is 26.7. The second-order valence-corrected chi connectivity index (χ2v) is 8.48. The molecule has 0 aromatic heterocycles. The molecular formula is C22H38N4O5. The van der Waals surface area contributed by atoms with Gasteiger partial charge < -0.3 is 16.0 Å². The van der Waals surface area contributed by atoms with Gasteiger partial charge in [0.2, 0.25) is 23.6 Å². The lowest BCUT2D eigenvalue weighted by Gasteiger charge is -2.23. The number of Topliss-reactive ketones (excluding diaryl/α,β-unsaturated/α-hetero) is 1. The van der Waals surface area contributed by atoms with Crippen LogP contribution in [0, 0.1) is 11.8 Å². The van der Waals surface area contributed by atoms with E-state index in [9.17, 15) is 24.0 Å². The van der Waals surface area contributed by atoms with Gasteiger partial charge in [-0.1, -0.05) is 34.1 Å². The van der Waals surface area contributed by atoms with Gasteiger partial charge in [0.15, 0.2) is 5.78 Å². The molecule has 0 bridgehead atoms. The predicted octanol–water partition coefficient (Wildman–Crippen LogP) is 0.766. The molecule has 1 aliphatic rings. The van der Waals surface area contributed by atoms with Gasteiger partial charge in [-0.2, -0.15) is 0 Å². The van der Waals surface area contributed by atoms with Crippen molar-refractivity contribution in [3.05, 3.63) is 0 Å². The van der Waals surface area contributed by atoms with Crippen molar-refractivity contribution in [1.82, 2.24) is 20.9 Å². The zero-order valence-corrected chi connectivity index (χ0v) is 19.5. The summed E-state index contributed by atoms with van der Waals surface area (Å²) in [4.78, 5) is 61.8. The molecule has 1 unspecified atom stereocenters. The van der Waals surface area contributed by atoms with Gasteiger partial charge in [0.05, 0.1) is 18.6 Å². The van der Waals surface area contributed by atoms with Crippen LogP contribution in [0.15, 0.2) is 0 Å². The van der Waals surface area contributed by atoms with E-state index in [0.29, 0.717) is 25.8 Å². The van der Waals surface area contributed by atoms with Crippen LogP contribution in [0.4, 0.5) is 0 Å². The number of amides is 4. The molecule has 4 amide bonds. The molecule has 1 saturated heterocycles. The number of hydrogen-bond acceptors (Lipinski definition) is 6. The molecule has 0 saturated carbocycles. The zero-order valence-electron chi connectivity index (χ0n) is 19.5. The number of nitrogens with zero attached hydrogens (tertiary/aromatic N) is 1. The number of nitrogens with one attached hydrogen (secondary N) is 3. The molecule has 0 spiro atoms. The predicted molar refractivity (Wildman–Crippen MR) is 117 cm³/mol. The standard InChI is InChI=1S/C22H38N4O5/c1-6-15(4)20(23-5)22(31)24-13-17(27)25-16(21(30)14(2)3)9-7-8-12-26-18(28)10-11-19(26)29/h14-16,20,23H,6-13H2,1-5H3,(H,24,31)(H,25,27)/t15-,16-,20?/m0/s1. The molecule has 3 N–H and O–H groups in total. The molecule has 0 aromatic rings. The van der Waals surface area contributed by atoms with Crippen LogP contribution in [0.1, 0.15) is 66.2 Å². The summed E-state index contributed by atoms with van der Waals surface area (Å²) < 4.78 is 0. The minimum atomic E-state index is -0.663. The van der Waals surface area contributed by atoms with Gasteiger partial charge in [0.1, 0.15) is 0 Å². The number of carbonyl (C=O) groups excluding carboxylic acids is 5. The average Bonchev–Trinajstić information content (AvgIpc) is 3.05. The van der Waals surface area contributed by atoms with Gasteiger partial charge >= 0.3 is 0 Å². The molecule has 0 aliphatic carbocycles. The second kappa shape index (κ2) is 13.2. The minimum Gasteiger partial charge on any atom is -0.346 e. The van der Waals surface area contributed by atoms with E-state index in [1.807, 2.05) is 13.8 Å². The SMILES string of the molecule is CC[C@H](C)C(NC)C(=O)NCC(=O)N[C@@H](CCCCN1C(=O)CCC1=O)C(=O)C(C)C. The van der Waals surface area contributed by atoms with Crippen LogP contribution in [0.5, 0.6) is 0 Å². The second-order valence-electron chi connectivity index (χ2n) is 8.48. The van der Waals surface area contributed by atoms with Crippen molar-refractivity contribution in [2.24, 2.45) is 11.8 Å². The van der Waals surface area contributed by atoms with E-state index in [4.69, 9.17) is 0 Å². The Morgan fingerprint density at radius 1 is 1.03 bits per heavy atom. The van der Waals surface area contributed by atoms with Gasteiger partial charge in [-0.05, 0) is 32.2 Å². The van der Waals surface area contributed by atoms with Crippen molar-refractivity contribution in [2.45, 2.75) is 78.3 Å². The molecule has 0 radical (unpaired) electrons. The first-order chi connectivity index (χ1) is 14.6. The molecule has 9 nitrogen and oxygen atoms in total. The fourth-order valence-corrected chi connectivity index (χ4v) is 3.61. The topological polar surface area (TPSA) is 125 Å². The summed E-state index contributed by atoms with van der Waals surface area (Å²) in [5.41, 5.74) is 0. The third-order valence-electron chi connectivity index (χ3n) is 5.76. The highest BCUT2D eigenvalue weighted by Gasteiger charge is 2.29. The fraction of sp³-hybridized carbons (Fsp3) is 0.773. The van der Waals surface area contributed by atoms with Gasteiger partial charge in [-0.25, -0.2) is 0 Å². The van der Waals surface area contributed by atoms with E-state index in [0.717, 1.165) is 6.42 Å². The summed E-state index contributed by atoms with van der Waals surface area (Å²) >= 11 is 0. The molecule has 1 fully saturated rings. The summed E-state index contributed by atoms with van der Waals surface area (Å²) in [7, 11) is 1.71. The van der Waals surface area contributed by atoms with Crippen molar-refractivity contribution < 1.29 is 24.0 Å². The summed E-state index contributed by atoms with van der Waals surface area (Å²) in [5.74, 6) is -1.18. The lowest BCUT2D eigenvalue weighted by atomic mass is 9.97. The molecular weight excluding hydrogens is 400 g/mol. The summed E-state index contributed by atoms with van der Waals surface area (Å²) in [6, 6.07) is -1.05. The lowest BCUT2D eigenvalue weighted by Crippen LogP contribution is -2.51. The highest BCUT2D eigenvalue weighted by molar-refractivity contribution is 6.01. The molecule has 1 rings (SSSR count). The quantitative estimate of drug-likeness (QED) is 0.272. The van der Waals surface area contributed by atoms with Gasteiger partial charge in [-0.15, -0.1) is 0 Å². The number of unbranched alkanes of at least 4 members (excludes halogenated alkanes) is 1. The van der Waals surface area contributed by atoms with Crippen LogP contribution in [0.25, 0.3) is 0 Å². The van der Waals surface area contributed by atoms with E-state index in [1.165, 1.54) is 4.90 Å². The Morgan fingerprint density at radius 2 is 1.65 bits per heavy atom. The third kappa shape index (κ3) is 8.40. The maximum Gasteiger partial charge on any atom is 0.239 e. The molecule has 0 aromatic carbocycles. The Kier molecular flexibility index (Phi) is 11.4. The van der Waals surface area contributed by atoms with E-state index in [-0.39, 0.29) is 60.8 Å². The number of carbonyl (C=O) groups is 5. The Balaban J connectivity index is 2.53. The number of hydrogen-bond donors (Lipinski definition) is 3. The smallest absolute Gasteiger partial charge is 0.239 e. The Bertz CT molecular complexity index is 648. The summed E-state index contributed by atoms with van der Waals surface area (Å²) in [6.07, 6.45) is 2.93. The van der Waals surface area contributed by atoms with Gasteiger partial charge in [-0.3, -0.25) is 28.9 Å². The Labute approximate surface area is 185 Å². The van der Waals surface area contributed by atoms with Crippen molar-refractivity contribution in [3.8, 4) is 0 Å². The fourth-order valence-electron chi connectivity index (χ4n) is 3.61. The average molecular weight is 439 g/mol. The van der Waals surface area contributed by atoms with Crippen molar-refractivity contribution in [1.29, 1.82) is 0 Å². The van der Waals surface area contributed by atoms with Crippen molar-refractivity contribution in [2.75, 3.05) is 20.1 Å². The van der Waals surface area contributed by atoms with Crippen LogP contribution < -0.4 is 16.0 Å². The van der Waals surface area contributed by atoms with Crippen molar-refractivity contribution in [3.63, 3.8) is 0 Å². The van der Waals surface area contributed by atoms with Gasteiger partial charge in [0.25, 0.3) is 0 Å². The highest BCUT2D eigenvalue weighted by Crippen LogP contribution is 2.14. The summed E-state index contributed by atoms with van der Waals surface area (Å²) in [6.45, 7) is 7.63. The van der Waals surface area contributed by atoms with Crippen LogP contribution in [0.2, 0.25) is 0 Å². The van der Waals surface area contributed by atoms with Crippen LogP contribution in [0.3, 0.4) is 0 Å². The minimum absolute atomic E-state index is 0.0827. The molecule has 3 atom stereocenters. The number of likely N-dealkylation sites (N-methyl/N-ethyl adjacent to an activating group) is 1. The normalized spacial score (nSPS) is 16.9. The first-order valence-corrected chi connectivity index (χ1v) is 11.2. The number of ketones is 1. The lowest BCUT2D eigenvalue weighted by molar-refractivity contribution is -0.138. The van der Waals surface area contributed by atoms with E-state index < -0.39 is 11.9 Å². The molecule has 1 aliphatic heterocycles. The van der Waals surface area contributed by atoms with Gasteiger partial charge in [0, 0.05) is 25.3 Å². The largest absolute Gasteiger partial charge is 0.346 e. The zero-order chi connectivity index (χ0) is 23.6. The molecule has 176 valence electrons. The van der Waals surface area contributed by atoms with E-state index >= 15 is 0 Å². The van der Waals surface area contributed by atoms with E-state index in [2.05, 4.69) is 16.0 Å². The molecule has 9 heteroatoms. The number of rotatable bonds is 14. The maximum atomic E-state index is 12.5. The maximum absolute atomic E-state index is 12.5. The Hall–Kier alpha value is -2.29. The Morgan fingerprint density at radius 3 is 2.16 bits per heavy atom. The molecule has 1 heterocycles. The molecule has 31 heavy (non-hydrogen) atoms. The third-order valence-corrected chi connectivity index (χ3v) is 5.76. The first-order valence-electron chi connectivity index (χ1n) is 11.2.